The fraction of sp³-hybridized carbons (Fsp3) is 0.600. The first kappa shape index (κ1) is 20.3. The van der Waals surface area contributed by atoms with Crippen molar-refractivity contribution in [2.45, 2.75) is 64.7 Å². The smallest absolute Gasteiger partial charge is 0.220 e. The van der Waals surface area contributed by atoms with Crippen LogP contribution < -0.4 is 4.74 Å². The topological polar surface area (TPSA) is 38.2 Å². The molecule has 0 N–H and O–H groups in total. The van der Waals surface area contributed by atoms with Crippen LogP contribution in [0.15, 0.2) is 30.3 Å². The van der Waals surface area contributed by atoms with E-state index in [1.54, 1.807) is 0 Å². The first-order valence-corrected chi connectivity index (χ1v) is 11.6. The predicted molar refractivity (Wildman–Crippen MR) is 118 cm³/mol. The summed E-state index contributed by atoms with van der Waals surface area (Å²) in [5, 5.41) is 0. The van der Waals surface area contributed by atoms with E-state index in [0.717, 1.165) is 49.1 Å². The molecule has 156 valence electrons. The van der Waals surface area contributed by atoms with Gasteiger partial charge in [-0.1, -0.05) is 37.3 Å². The number of aromatic nitrogens is 2. The van der Waals surface area contributed by atoms with Gasteiger partial charge in [-0.25, -0.2) is 4.98 Å². The molecule has 1 aliphatic carbocycles. The Bertz CT molecular complexity index is 769. The number of hydrogen-bond acceptors (Lipinski definition) is 4. The Hall–Kier alpha value is -1.94. The standard InChI is InChI=1S/C25H35N3O/c1-20-14-17-28(18-15-20)16-8-3-9-19-29-25-22-12-6-7-13-23(22)26-24(27-25)21-10-4-2-5-11-21/h2,4-5,10-11,20H,3,6-9,12-19H2,1H3. The minimum absolute atomic E-state index is 0.759. The highest BCUT2D eigenvalue weighted by Gasteiger charge is 2.19. The summed E-state index contributed by atoms with van der Waals surface area (Å²) < 4.78 is 6.21. The molecule has 2 aliphatic rings. The Morgan fingerprint density at radius 2 is 1.76 bits per heavy atom. The van der Waals surface area contributed by atoms with Gasteiger partial charge in [0.2, 0.25) is 5.88 Å². The molecule has 29 heavy (non-hydrogen) atoms. The lowest BCUT2D eigenvalue weighted by Crippen LogP contribution is -2.33. The Balaban J connectivity index is 1.30. The molecule has 0 bridgehead atoms. The van der Waals surface area contributed by atoms with Crippen LogP contribution in [-0.2, 0) is 12.8 Å². The van der Waals surface area contributed by atoms with Crippen molar-refractivity contribution in [3.63, 3.8) is 0 Å². The summed E-state index contributed by atoms with van der Waals surface area (Å²) in [5.74, 6) is 2.55. The molecule has 4 nitrogen and oxygen atoms in total. The van der Waals surface area contributed by atoms with Crippen molar-refractivity contribution in [2.75, 3.05) is 26.2 Å². The molecular weight excluding hydrogens is 358 g/mol. The lowest BCUT2D eigenvalue weighted by molar-refractivity contribution is 0.187. The molecule has 2 aromatic rings. The van der Waals surface area contributed by atoms with Gasteiger partial charge < -0.3 is 9.64 Å². The van der Waals surface area contributed by atoms with Crippen molar-refractivity contribution < 1.29 is 4.74 Å². The summed E-state index contributed by atoms with van der Waals surface area (Å²) in [6.45, 7) is 6.95. The highest BCUT2D eigenvalue weighted by molar-refractivity contribution is 5.56. The molecule has 1 saturated heterocycles. The van der Waals surface area contributed by atoms with Gasteiger partial charge in [-0.05, 0) is 83.3 Å². The monoisotopic (exact) mass is 393 g/mol. The third-order valence-electron chi connectivity index (χ3n) is 6.41. The van der Waals surface area contributed by atoms with E-state index >= 15 is 0 Å². The van der Waals surface area contributed by atoms with Crippen molar-refractivity contribution in [3.8, 4) is 17.3 Å². The minimum atomic E-state index is 0.759. The van der Waals surface area contributed by atoms with E-state index in [-0.39, 0.29) is 0 Å². The number of unbranched alkanes of at least 4 members (excludes halogenated alkanes) is 2. The van der Waals surface area contributed by atoms with E-state index in [1.165, 1.54) is 69.4 Å². The maximum absolute atomic E-state index is 6.21. The first-order valence-electron chi connectivity index (χ1n) is 11.6. The highest BCUT2D eigenvalue weighted by atomic mass is 16.5. The van der Waals surface area contributed by atoms with E-state index in [1.807, 2.05) is 18.2 Å². The summed E-state index contributed by atoms with van der Waals surface area (Å²) in [4.78, 5) is 12.3. The second kappa shape index (κ2) is 10.2. The fourth-order valence-electron chi connectivity index (χ4n) is 4.46. The van der Waals surface area contributed by atoms with Crippen LogP contribution in [0.5, 0.6) is 5.88 Å². The van der Waals surface area contributed by atoms with Gasteiger partial charge >= 0.3 is 0 Å². The second-order valence-corrected chi connectivity index (χ2v) is 8.78. The number of piperidine rings is 1. The van der Waals surface area contributed by atoms with Crippen molar-refractivity contribution in [1.29, 1.82) is 0 Å². The van der Waals surface area contributed by atoms with Gasteiger partial charge in [0.25, 0.3) is 0 Å². The van der Waals surface area contributed by atoms with Crippen LogP contribution in [0.2, 0.25) is 0 Å². The molecule has 4 rings (SSSR count). The van der Waals surface area contributed by atoms with Crippen molar-refractivity contribution in [3.05, 3.63) is 41.6 Å². The van der Waals surface area contributed by atoms with Gasteiger partial charge in [-0.2, -0.15) is 4.98 Å². The van der Waals surface area contributed by atoms with Crippen LogP contribution >= 0.6 is 0 Å². The molecular formula is C25H35N3O. The molecule has 0 amide bonds. The summed E-state index contributed by atoms with van der Waals surface area (Å²) in [6, 6.07) is 10.3. The number of nitrogens with zero attached hydrogens (tertiary/aromatic N) is 3. The van der Waals surface area contributed by atoms with E-state index in [4.69, 9.17) is 14.7 Å². The Kier molecular flexibility index (Phi) is 7.15. The summed E-state index contributed by atoms with van der Waals surface area (Å²) >= 11 is 0. The normalized spacial score (nSPS) is 17.8. The summed E-state index contributed by atoms with van der Waals surface area (Å²) in [5.41, 5.74) is 3.51. The molecule has 0 atom stereocenters. The van der Waals surface area contributed by atoms with Crippen LogP contribution in [0, 0.1) is 5.92 Å². The maximum Gasteiger partial charge on any atom is 0.220 e. The van der Waals surface area contributed by atoms with Crippen LogP contribution in [0.3, 0.4) is 0 Å². The van der Waals surface area contributed by atoms with Gasteiger partial charge in [0.15, 0.2) is 5.82 Å². The third kappa shape index (κ3) is 5.57. The summed E-state index contributed by atoms with van der Waals surface area (Å²) in [6.07, 6.45) is 10.9. The Labute approximate surface area is 175 Å². The third-order valence-corrected chi connectivity index (χ3v) is 6.41. The number of benzene rings is 1. The van der Waals surface area contributed by atoms with Crippen molar-refractivity contribution in [2.24, 2.45) is 5.92 Å². The van der Waals surface area contributed by atoms with Gasteiger partial charge in [0.05, 0.1) is 12.3 Å². The Morgan fingerprint density at radius 1 is 0.966 bits per heavy atom. The van der Waals surface area contributed by atoms with Gasteiger partial charge in [0.1, 0.15) is 0 Å². The van der Waals surface area contributed by atoms with Crippen LogP contribution in [0.4, 0.5) is 0 Å². The van der Waals surface area contributed by atoms with Crippen LogP contribution in [-0.4, -0.2) is 41.1 Å². The lowest BCUT2D eigenvalue weighted by atomic mass is 9.96. The van der Waals surface area contributed by atoms with Gasteiger partial charge in [-0.3, -0.25) is 0 Å². The van der Waals surface area contributed by atoms with Crippen molar-refractivity contribution in [1.82, 2.24) is 14.9 Å². The minimum Gasteiger partial charge on any atom is -0.477 e. The quantitative estimate of drug-likeness (QED) is 0.570. The molecule has 1 aliphatic heterocycles. The number of aryl methyl sites for hydroxylation is 1. The van der Waals surface area contributed by atoms with E-state index in [2.05, 4.69) is 24.0 Å². The molecule has 2 heterocycles. The predicted octanol–water partition coefficient (Wildman–Crippen LogP) is 5.30. The number of likely N-dealkylation sites (tertiary alicyclic amines) is 1. The molecule has 4 heteroatoms. The average Bonchev–Trinajstić information content (AvgIpc) is 2.77. The SMILES string of the molecule is CC1CCN(CCCCCOc2nc(-c3ccccc3)nc3c2CCCC3)CC1. The average molecular weight is 394 g/mol. The van der Waals surface area contributed by atoms with Crippen LogP contribution in [0.1, 0.15) is 63.1 Å². The van der Waals surface area contributed by atoms with E-state index < -0.39 is 0 Å². The molecule has 0 saturated carbocycles. The molecule has 0 spiro atoms. The maximum atomic E-state index is 6.21. The zero-order valence-corrected chi connectivity index (χ0v) is 17.9. The molecule has 1 aromatic heterocycles. The zero-order chi connectivity index (χ0) is 19.9. The molecule has 1 aromatic carbocycles. The van der Waals surface area contributed by atoms with E-state index in [9.17, 15) is 0 Å². The Morgan fingerprint density at radius 3 is 2.59 bits per heavy atom. The highest BCUT2D eigenvalue weighted by Crippen LogP contribution is 2.30. The fourth-order valence-corrected chi connectivity index (χ4v) is 4.46. The van der Waals surface area contributed by atoms with Gasteiger partial charge in [0, 0.05) is 11.1 Å². The first-order chi connectivity index (χ1) is 14.3. The lowest BCUT2D eigenvalue weighted by Gasteiger charge is -2.30. The number of rotatable bonds is 8. The van der Waals surface area contributed by atoms with Crippen LogP contribution in [0.25, 0.3) is 11.4 Å². The van der Waals surface area contributed by atoms with E-state index in [0.29, 0.717) is 0 Å². The summed E-state index contributed by atoms with van der Waals surface area (Å²) in [7, 11) is 0. The van der Waals surface area contributed by atoms with Crippen molar-refractivity contribution >= 4 is 0 Å². The number of hydrogen-bond donors (Lipinski definition) is 0. The molecule has 0 unspecified atom stereocenters. The largest absolute Gasteiger partial charge is 0.477 e. The second-order valence-electron chi connectivity index (χ2n) is 8.78. The number of fused-ring (bicyclic) bond motifs is 1. The molecule has 1 fully saturated rings. The number of ether oxygens (including phenoxy) is 1. The van der Waals surface area contributed by atoms with Gasteiger partial charge in [-0.15, -0.1) is 0 Å². The molecule has 0 radical (unpaired) electrons. The zero-order valence-electron chi connectivity index (χ0n) is 17.9.